The molecule has 1 aliphatic carbocycles. The van der Waals surface area contributed by atoms with E-state index in [-0.39, 0.29) is 25.3 Å². The van der Waals surface area contributed by atoms with Crippen LogP contribution in [0.4, 0.5) is 0 Å². The van der Waals surface area contributed by atoms with Gasteiger partial charge in [-0.15, -0.1) is 0 Å². The second-order valence-corrected chi connectivity index (χ2v) is 8.84. The fourth-order valence-corrected chi connectivity index (χ4v) is 4.22. The van der Waals surface area contributed by atoms with E-state index >= 15 is 0 Å². The van der Waals surface area contributed by atoms with Crippen molar-refractivity contribution in [3.8, 4) is 0 Å². The molecule has 34 heavy (non-hydrogen) atoms. The Bertz CT molecular complexity index is 1080. The molecule has 0 spiro atoms. The van der Waals surface area contributed by atoms with Crippen LogP contribution in [0.3, 0.4) is 0 Å². The van der Waals surface area contributed by atoms with Gasteiger partial charge in [0.05, 0.1) is 6.21 Å². The highest BCUT2D eigenvalue weighted by Gasteiger charge is 2.45. The Kier molecular flexibility index (Phi) is 8.17. The Hall–Kier alpha value is -3.52. The number of Topliss-reactive ketones (excluding diaryl/α,β-unsaturated/α-hetero) is 1. The quantitative estimate of drug-likeness (QED) is 0.386. The van der Waals surface area contributed by atoms with Crippen LogP contribution in [0.25, 0.3) is 0 Å². The van der Waals surface area contributed by atoms with Crippen LogP contribution in [0.1, 0.15) is 36.5 Å². The Morgan fingerprint density at radius 2 is 1.68 bits per heavy atom. The van der Waals surface area contributed by atoms with Gasteiger partial charge in [-0.1, -0.05) is 48.0 Å². The van der Waals surface area contributed by atoms with Crippen LogP contribution in [0.2, 0.25) is 5.02 Å². The molecular formula is C25H27ClN4O4. The molecule has 4 N–H and O–H groups in total. The molecule has 2 aromatic rings. The van der Waals surface area contributed by atoms with Gasteiger partial charge in [0.1, 0.15) is 11.6 Å². The van der Waals surface area contributed by atoms with Crippen LogP contribution in [0, 0.1) is 5.41 Å². The monoisotopic (exact) mass is 482 g/mol. The van der Waals surface area contributed by atoms with Crippen molar-refractivity contribution in [2.24, 2.45) is 0 Å². The average Bonchev–Trinajstić information content (AvgIpc) is 3.19. The van der Waals surface area contributed by atoms with Crippen LogP contribution < -0.4 is 16.0 Å². The summed E-state index contributed by atoms with van der Waals surface area (Å²) < 4.78 is 0. The second-order valence-electron chi connectivity index (χ2n) is 8.41. The van der Waals surface area contributed by atoms with E-state index in [9.17, 15) is 19.2 Å². The highest BCUT2D eigenvalue weighted by atomic mass is 35.5. The lowest BCUT2D eigenvalue weighted by Gasteiger charge is -2.30. The Labute approximate surface area is 203 Å². The van der Waals surface area contributed by atoms with Gasteiger partial charge in [-0.2, -0.15) is 0 Å². The summed E-state index contributed by atoms with van der Waals surface area (Å²) in [5.74, 6) is -1.76. The first-order valence-electron chi connectivity index (χ1n) is 10.9. The van der Waals surface area contributed by atoms with E-state index in [1.165, 1.54) is 6.92 Å². The minimum Gasteiger partial charge on any atom is -0.350 e. The molecule has 3 amide bonds. The summed E-state index contributed by atoms with van der Waals surface area (Å²) in [5, 5.41) is 16.0. The molecule has 9 heteroatoms. The molecule has 0 bridgehead atoms. The molecule has 1 atom stereocenters. The van der Waals surface area contributed by atoms with Crippen LogP contribution in [0.5, 0.6) is 0 Å². The van der Waals surface area contributed by atoms with Crippen molar-refractivity contribution in [2.75, 3.05) is 0 Å². The average molecular weight is 483 g/mol. The minimum atomic E-state index is -1.23. The lowest BCUT2D eigenvalue weighted by Crippen LogP contribution is -2.62. The smallest absolute Gasteiger partial charge is 0.247 e. The molecule has 0 aliphatic heterocycles. The molecule has 0 radical (unpaired) electrons. The number of ketones is 1. The zero-order valence-corrected chi connectivity index (χ0v) is 19.6. The van der Waals surface area contributed by atoms with Gasteiger partial charge in [-0.3, -0.25) is 19.2 Å². The molecule has 0 saturated heterocycles. The number of hydrogen-bond donors (Lipinski definition) is 4. The van der Waals surface area contributed by atoms with E-state index in [1.807, 2.05) is 24.3 Å². The molecule has 178 valence electrons. The number of benzene rings is 2. The predicted octanol–water partition coefficient (Wildman–Crippen LogP) is 2.11. The summed E-state index contributed by atoms with van der Waals surface area (Å²) in [6.45, 7) is 1.56. The molecular weight excluding hydrogens is 456 g/mol. The molecule has 0 aromatic heterocycles. The van der Waals surface area contributed by atoms with Crippen molar-refractivity contribution in [3.05, 3.63) is 70.2 Å². The maximum Gasteiger partial charge on any atom is 0.247 e. The van der Waals surface area contributed by atoms with Crippen molar-refractivity contribution >= 4 is 41.3 Å². The number of fused-ring (bicyclic) bond motifs is 1. The van der Waals surface area contributed by atoms with Gasteiger partial charge in [0.25, 0.3) is 0 Å². The lowest BCUT2D eigenvalue weighted by molar-refractivity contribution is -0.135. The predicted molar refractivity (Wildman–Crippen MR) is 129 cm³/mol. The Balaban J connectivity index is 1.76. The number of rotatable bonds is 10. The van der Waals surface area contributed by atoms with Gasteiger partial charge in [0.2, 0.25) is 17.7 Å². The fourth-order valence-electron chi connectivity index (χ4n) is 4.10. The van der Waals surface area contributed by atoms with Gasteiger partial charge in [-0.25, -0.2) is 0 Å². The van der Waals surface area contributed by atoms with Crippen molar-refractivity contribution < 1.29 is 19.2 Å². The van der Waals surface area contributed by atoms with E-state index in [0.29, 0.717) is 24.1 Å². The summed E-state index contributed by atoms with van der Waals surface area (Å²) >= 11 is 5.90. The third-order valence-corrected chi connectivity index (χ3v) is 6.05. The van der Waals surface area contributed by atoms with Crippen LogP contribution >= 0.6 is 11.6 Å². The summed E-state index contributed by atoms with van der Waals surface area (Å²) in [6.07, 6.45) is 1.24. The SMILES string of the molecule is CC(=O)NC1(C(=O)N[C@@H](CCC(=O)C=N)C(=O)NCc2ccc(Cl)cc2)Cc2ccccc2C1. The van der Waals surface area contributed by atoms with Gasteiger partial charge in [0.15, 0.2) is 5.78 Å². The first kappa shape index (κ1) is 25.1. The van der Waals surface area contributed by atoms with Crippen LogP contribution in [0.15, 0.2) is 48.5 Å². The molecule has 0 saturated carbocycles. The lowest BCUT2D eigenvalue weighted by atomic mass is 9.93. The largest absolute Gasteiger partial charge is 0.350 e. The number of carbonyl (C=O) groups excluding carboxylic acids is 4. The third kappa shape index (κ3) is 6.29. The number of halogens is 1. The summed E-state index contributed by atoms with van der Waals surface area (Å²) in [5.41, 5.74) is 1.50. The zero-order valence-electron chi connectivity index (χ0n) is 18.8. The minimum absolute atomic E-state index is 0.0233. The molecule has 2 aromatic carbocycles. The number of nitrogens with one attached hydrogen (secondary N) is 4. The number of amides is 3. The van der Waals surface area contributed by atoms with Crippen LogP contribution in [-0.4, -0.2) is 41.3 Å². The molecule has 3 rings (SSSR count). The maximum absolute atomic E-state index is 13.5. The van der Waals surface area contributed by atoms with E-state index in [1.54, 1.807) is 24.3 Å². The molecule has 0 unspecified atom stereocenters. The number of carbonyl (C=O) groups is 4. The van der Waals surface area contributed by atoms with Crippen molar-refractivity contribution in [1.29, 1.82) is 5.41 Å². The van der Waals surface area contributed by atoms with Crippen LogP contribution in [-0.2, 0) is 38.6 Å². The molecule has 0 heterocycles. The Morgan fingerprint density at radius 1 is 1.06 bits per heavy atom. The van der Waals surface area contributed by atoms with E-state index in [4.69, 9.17) is 17.0 Å². The van der Waals surface area contributed by atoms with E-state index < -0.39 is 29.2 Å². The standard InChI is InChI=1S/C25H27ClN4O4/c1-16(31)30-25(12-18-4-2-3-5-19(18)13-25)24(34)29-22(11-10-21(32)14-27)23(33)28-15-17-6-8-20(26)9-7-17/h2-9,14,22,27H,10-13,15H2,1H3,(H,28,33)(H,29,34)(H,30,31)/t22-/m0/s1. The molecule has 8 nitrogen and oxygen atoms in total. The summed E-state index contributed by atoms with van der Waals surface area (Å²) in [4.78, 5) is 50.1. The van der Waals surface area contributed by atoms with Gasteiger partial charge >= 0.3 is 0 Å². The van der Waals surface area contributed by atoms with Crippen molar-refractivity contribution in [1.82, 2.24) is 16.0 Å². The highest BCUT2D eigenvalue weighted by Crippen LogP contribution is 2.30. The normalized spacial score (nSPS) is 14.4. The Morgan fingerprint density at radius 3 is 2.24 bits per heavy atom. The van der Waals surface area contributed by atoms with Gasteiger partial charge in [-0.05, 0) is 35.2 Å². The third-order valence-electron chi connectivity index (χ3n) is 5.80. The first-order valence-corrected chi connectivity index (χ1v) is 11.3. The van der Waals surface area contributed by atoms with Gasteiger partial charge in [0, 0.05) is 37.8 Å². The summed E-state index contributed by atoms with van der Waals surface area (Å²) in [6, 6.07) is 13.5. The maximum atomic E-state index is 13.5. The second kappa shape index (κ2) is 11.1. The van der Waals surface area contributed by atoms with E-state index in [2.05, 4.69) is 16.0 Å². The summed E-state index contributed by atoms with van der Waals surface area (Å²) in [7, 11) is 0. The molecule has 0 fully saturated rings. The molecule has 1 aliphatic rings. The van der Waals surface area contributed by atoms with Gasteiger partial charge < -0.3 is 21.4 Å². The zero-order chi connectivity index (χ0) is 24.7. The first-order chi connectivity index (χ1) is 16.2. The van der Waals surface area contributed by atoms with E-state index in [0.717, 1.165) is 16.7 Å². The number of hydrogen-bond acceptors (Lipinski definition) is 5. The highest BCUT2D eigenvalue weighted by molar-refractivity contribution is 6.30. The van der Waals surface area contributed by atoms with Crippen molar-refractivity contribution in [2.45, 2.75) is 50.7 Å². The fraction of sp³-hybridized carbons (Fsp3) is 0.320. The van der Waals surface area contributed by atoms with Crippen molar-refractivity contribution in [3.63, 3.8) is 0 Å². The topological polar surface area (TPSA) is 128 Å².